The van der Waals surface area contributed by atoms with E-state index in [1.54, 1.807) is 48.4 Å². The molecule has 200 valence electrons. The Hall–Kier alpha value is -3.17. The number of hydrogen-bond donors (Lipinski definition) is 1. The van der Waals surface area contributed by atoms with Crippen molar-refractivity contribution >= 4 is 23.5 Å². The van der Waals surface area contributed by atoms with Crippen molar-refractivity contribution in [2.45, 2.75) is 49.9 Å². The summed E-state index contributed by atoms with van der Waals surface area (Å²) in [5.74, 6) is -2.24. The molecule has 1 aromatic carbocycles. The second-order valence-electron chi connectivity index (χ2n) is 10.0. The third-order valence-corrected chi connectivity index (χ3v) is 7.86. The van der Waals surface area contributed by atoms with Gasteiger partial charge in [-0.1, -0.05) is 12.2 Å². The molecule has 0 radical (unpaired) electrons. The van der Waals surface area contributed by atoms with Gasteiger partial charge in [-0.15, -0.1) is 13.2 Å². The summed E-state index contributed by atoms with van der Waals surface area (Å²) in [6, 6.07) is 6.03. The number of unbranched alkanes of at least 4 members (excludes halogenated alkanes) is 1. The number of hydrogen-bond acceptors (Lipinski definition) is 7. The van der Waals surface area contributed by atoms with E-state index in [9.17, 15) is 19.5 Å². The first-order valence-corrected chi connectivity index (χ1v) is 12.7. The highest BCUT2D eigenvalue weighted by atomic mass is 16.6. The van der Waals surface area contributed by atoms with E-state index in [0.29, 0.717) is 37.1 Å². The van der Waals surface area contributed by atoms with E-state index in [1.807, 2.05) is 6.92 Å². The maximum Gasteiger partial charge on any atom is 0.312 e. The van der Waals surface area contributed by atoms with Gasteiger partial charge in [-0.2, -0.15) is 0 Å². The van der Waals surface area contributed by atoms with E-state index in [2.05, 4.69) is 13.2 Å². The number of ether oxygens (including phenoxy) is 3. The van der Waals surface area contributed by atoms with Crippen LogP contribution in [0.3, 0.4) is 0 Å². The van der Waals surface area contributed by atoms with Crippen molar-refractivity contribution in [2.75, 3.05) is 38.3 Å². The Morgan fingerprint density at radius 3 is 2.59 bits per heavy atom. The fourth-order valence-electron chi connectivity index (χ4n) is 6.26. The first-order chi connectivity index (χ1) is 17.8. The van der Waals surface area contributed by atoms with Crippen molar-refractivity contribution in [1.29, 1.82) is 0 Å². The van der Waals surface area contributed by atoms with Crippen LogP contribution in [0.15, 0.2) is 49.6 Å². The molecule has 4 rings (SSSR count). The van der Waals surface area contributed by atoms with Crippen molar-refractivity contribution in [3.63, 3.8) is 0 Å². The number of rotatable bonds is 12. The van der Waals surface area contributed by atoms with Gasteiger partial charge < -0.3 is 29.1 Å². The van der Waals surface area contributed by atoms with Crippen LogP contribution in [-0.2, 0) is 23.9 Å². The van der Waals surface area contributed by atoms with Crippen molar-refractivity contribution in [3.8, 4) is 5.75 Å². The summed E-state index contributed by atoms with van der Waals surface area (Å²) >= 11 is 0. The molecule has 3 saturated heterocycles. The van der Waals surface area contributed by atoms with Crippen LogP contribution in [0.25, 0.3) is 0 Å². The van der Waals surface area contributed by atoms with Crippen molar-refractivity contribution in [2.24, 2.45) is 11.8 Å². The van der Waals surface area contributed by atoms with Crippen LogP contribution >= 0.6 is 0 Å². The molecule has 3 heterocycles. The number of aliphatic hydroxyl groups is 1. The fraction of sp³-hybridized carbons (Fsp3) is 0.536. The number of allylic oxidation sites excluding steroid dienone is 1. The summed E-state index contributed by atoms with van der Waals surface area (Å²) in [7, 11) is 1.56. The number of anilines is 1. The SMILES string of the molecule is C=CCCCOC(=O)[C@H]1[C@H]2C(=O)N(CCO)C(C(=O)N(CC=C)c3ccc(OC)cc3)C23CC[C@]1(C)O3. The second-order valence-corrected chi connectivity index (χ2v) is 10.0. The van der Waals surface area contributed by atoms with Crippen LogP contribution in [0.4, 0.5) is 5.69 Å². The lowest BCUT2D eigenvalue weighted by atomic mass is 9.66. The average Bonchev–Trinajstić information content (AvgIpc) is 3.46. The number of carbonyl (C=O) groups is 3. The number of methoxy groups -OCH3 is 1. The third-order valence-electron chi connectivity index (χ3n) is 7.86. The van der Waals surface area contributed by atoms with Gasteiger partial charge in [0.25, 0.3) is 5.91 Å². The van der Waals surface area contributed by atoms with Crippen LogP contribution in [-0.4, -0.2) is 78.4 Å². The predicted molar refractivity (Wildman–Crippen MR) is 137 cm³/mol. The highest BCUT2D eigenvalue weighted by molar-refractivity contribution is 6.04. The fourth-order valence-corrected chi connectivity index (χ4v) is 6.26. The Morgan fingerprint density at radius 2 is 1.97 bits per heavy atom. The van der Waals surface area contributed by atoms with E-state index in [4.69, 9.17) is 14.2 Å². The highest BCUT2D eigenvalue weighted by Crippen LogP contribution is 2.63. The number of likely N-dealkylation sites (tertiary alicyclic amines) is 1. The molecule has 1 aromatic rings. The van der Waals surface area contributed by atoms with Gasteiger partial charge in [-0.05, 0) is 56.9 Å². The van der Waals surface area contributed by atoms with E-state index in [0.717, 1.165) is 0 Å². The molecule has 37 heavy (non-hydrogen) atoms. The normalized spacial score (nSPS) is 29.6. The number of benzene rings is 1. The first-order valence-electron chi connectivity index (χ1n) is 12.7. The molecule has 5 atom stereocenters. The average molecular weight is 513 g/mol. The lowest BCUT2D eigenvalue weighted by molar-refractivity contribution is -0.159. The molecule has 0 saturated carbocycles. The van der Waals surface area contributed by atoms with E-state index in [1.165, 1.54) is 4.90 Å². The molecule has 2 unspecified atom stereocenters. The van der Waals surface area contributed by atoms with Crippen molar-refractivity contribution in [3.05, 3.63) is 49.6 Å². The molecule has 2 bridgehead atoms. The number of esters is 1. The Morgan fingerprint density at radius 1 is 1.24 bits per heavy atom. The zero-order valence-electron chi connectivity index (χ0n) is 21.6. The minimum absolute atomic E-state index is 0.0425. The highest BCUT2D eigenvalue weighted by Gasteiger charge is 2.78. The lowest BCUT2D eigenvalue weighted by Gasteiger charge is -2.36. The molecular formula is C28H36N2O7. The minimum atomic E-state index is -1.19. The van der Waals surface area contributed by atoms with Gasteiger partial charge in [0.1, 0.15) is 23.3 Å². The Kier molecular flexibility index (Phi) is 7.75. The zero-order chi connectivity index (χ0) is 26.8. The topological polar surface area (TPSA) is 106 Å². The molecule has 0 aromatic heterocycles. The van der Waals surface area contributed by atoms with Gasteiger partial charge in [0, 0.05) is 18.8 Å². The molecule has 0 aliphatic carbocycles. The first kappa shape index (κ1) is 26.9. The maximum atomic E-state index is 14.2. The van der Waals surface area contributed by atoms with Crippen LogP contribution in [0.5, 0.6) is 5.75 Å². The molecule has 2 amide bonds. The summed E-state index contributed by atoms with van der Waals surface area (Å²) in [5.41, 5.74) is -1.49. The summed E-state index contributed by atoms with van der Waals surface area (Å²) in [6.45, 7) is 9.36. The molecular weight excluding hydrogens is 476 g/mol. The molecule has 3 aliphatic heterocycles. The Labute approximate surface area is 217 Å². The summed E-state index contributed by atoms with van der Waals surface area (Å²) < 4.78 is 17.4. The van der Waals surface area contributed by atoms with Crippen LogP contribution in [0, 0.1) is 11.8 Å². The number of aliphatic hydroxyl groups excluding tert-OH is 1. The van der Waals surface area contributed by atoms with Crippen LogP contribution < -0.4 is 9.64 Å². The van der Waals surface area contributed by atoms with Crippen LogP contribution in [0.2, 0.25) is 0 Å². The second kappa shape index (κ2) is 10.7. The van der Waals surface area contributed by atoms with Gasteiger partial charge in [0.15, 0.2) is 0 Å². The van der Waals surface area contributed by atoms with E-state index >= 15 is 0 Å². The molecule has 1 N–H and O–H groups in total. The standard InChI is InChI=1S/C28H36N2O7/c1-5-7-8-18-36-26(34)22-21-24(32)30(16-17-31)23(28(21)14-13-27(22,3)37-28)25(33)29(15-6-2)19-9-11-20(35-4)12-10-19/h5-6,9-12,21-23,31H,1-2,7-8,13-18H2,3-4H3/t21-,22+,23?,27-,28?/m0/s1. The van der Waals surface area contributed by atoms with Crippen molar-refractivity contribution < 1.29 is 33.7 Å². The largest absolute Gasteiger partial charge is 0.497 e. The Bertz CT molecular complexity index is 1060. The summed E-state index contributed by atoms with van der Waals surface area (Å²) in [6.07, 6.45) is 5.68. The molecule has 9 heteroatoms. The number of amides is 2. The predicted octanol–water partition coefficient (Wildman–Crippen LogP) is 2.48. The van der Waals surface area contributed by atoms with Crippen LogP contribution in [0.1, 0.15) is 32.6 Å². The van der Waals surface area contributed by atoms with Gasteiger partial charge in [-0.3, -0.25) is 14.4 Å². The monoisotopic (exact) mass is 512 g/mol. The van der Waals surface area contributed by atoms with Gasteiger partial charge in [0.05, 0.1) is 31.8 Å². The smallest absolute Gasteiger partial charge is 0.312 e. The quantitative estimate of drug-likeness (QED) is 0.261. The minimum Gasteiger partial charge on any atom is -0.497 e. The summed E-state index contributed by atoms with van der Waals surface area (Å²) in [4.78, 5) is 44.3. The number of nitrogens with zero attached hydrogens (tertiary/aromatic N) is 2. The van der Waals surface area contributed by atoms with E-state index in [-0.39, 0.29) is 38.1 Å². The zero-order valence-corrected chi connectivity index (χ0v) is 21.6. The maximum absolute atomic E-state index is 14.2. The molecule has 1 spiro atoms. The Balaban J connectivity index is 1.70. The van der Waals surface area contributed by atoms with Gasteiger partial charge in [0.2, 0.25) is 5.91 Å². The van der Waals surface area contributed by atoms with Gasteiger partial charge in [-0.25, -0.2) is 0 Å². The molecule has 9 nitrogen and oxygen atoms in total. The summed E-state index contributed by atoms with van der Waals surface area (Å²) in [5, 5.41) is 9.79. The number of fused-ring (bicyclic) bond motifs is 1. The lowest BCUT2D eigenvalue weighted by Crippen LogP contribution is -2.56. The third kappa shape index (κ3) is 4.44. The van der Waals surface area contributed by atoms with Gasteiger partial charge >= 0.3 is 5.97 Å². The molecule has 3 fully saturated rings. The number of carbonyl (C=O) groups excluding carboxylic acids is 3. The number of β-amino-alcohol motifs (C(OH)–C–C–N with tert-alkyl or cyclic N) is 1. The van der Waals surface area contributed by atoms with Crippen molar-refractivity contribution in [1.82, 2.24) is 4.90 Å². The molecule has 3 aliphatic rings. The van der Waals surface area contributed by atoms with E-state index < -0.39 is 35.0 Å².